The number of aryl methyl sites for hydroxylation is 1. The summed E-state index contributed by atoms with van der Waals surface area (Å²) in [6.07, 6.45) is 4.23. The monoisotopic (exact) mass is 177 g/mol. The molecule has 1 aromatic rings. The molecular formula is C12H19N. The van der Waals surface area contributed by atoms with Crippen LogP contribution in [-0.4, -0.2) is 4.98 Å². The van der Waals surface area contributed by atoms with Gasteiger partial charge in [0.1, 0.15) is 0 Å². The molecule has 0 radical (unpaired) electrons. The molecule has 0 saturated heterocycles. The van der Waals surface area contributed by atoms with Crippen LogP contribution in [-0.2, 0) is 6.42 Å². The first kappa shape index (κ1) is 10.2. The summed E-state index contributed by atoms with van der Waals surface area (Å²) in [6, 6.07) is 6.13. The van der Waals surface area contributed by atoms with E-state index in [1.807, 2.05) is 12.3 Å². The molecule has 0 amide bonds. The zero-order valence-corrected chi connectivity index (χ0v) is 8.83. The summed E-state index contributed by atoms with van der Waals surface area (Å²) < 4.78 is 0. The minimum absolute atomic E-state index is 0.781. The van der Waals surface area contributed by atoms with Gasteiger partial charge in [0.15, 0.2) is 0 Å². The smallest absolute Gasteiger partial charge is 0.0403 e. The van der Waals surface area contributed by atoms with Gasteiger partial charge in [0.2, 0.25) is 0 Å². The molecule has 0 N–H and O–H groups in total. The molecule has 0 aromatic carbocycles. The molecule has 0 aliphatic heterocycles. The van der Waals surface area contributed by atoms with Crippen LogP contribution in [0.3, 0.4) is 0 Å². The van der Waals surface area contributed by atoms with E-state index in [2.05, 4.69) is 37.9 Å². The zero-order chi connectivity index (χ0) is 9.68. The number of aromatic nitrogens is 1. The fraction of sp³-hybridized carbons (Fsp3) is 0.583. The van der Waals surface area contributed by atoms with Crippen LogP contribution in [0.25, 0.3) is 0 Å². The van der Waals surface area contributed by atoms with Gasteiger partial charge in [0.05, 0.1) is 0 Å². The van der Waals surface area contributed by atoms with Gasteiger partial charge in [-0.1, -0.05) is 26.8 Å². The third-order valence-electron chi connectivity index (χ3n) is 2.72. The molecule has 0 saturated carbocycles. The number of hydrogen-bond acceptors (Lipinski definition) is 1. The maximum Gasteiger partial charge on any atom is 0.0403 e. The maximum atomic E-state index is 4.31. The van der Waals surface area contributed by atoms with Gasteiger partial charge in [-0.3, -0.25) is 4.98 Å². The standard InChI is InChI=1S/C12H19N/c1-10(2)11(3)7-8-12-6-4-5-9-13-12/h4-6,9-11H,7-8H2,1-3H3. The second kappa shape index (κ2) is 5.00. The second-order valence-corrected chi connectivity index (χ2v) is 4.08. The Kier molecular flexibility index (Phi) is 3.94. The molecule has 72 valence electrons. The van der Waals surface area contributed by atoms with Crippen molar-refractivity contribution in [3.63, 3.8) is 0 Å². The van der Waals surface area contributed by atoms with E-state index in [-0.39, 0.29) is 0 Å². The molecule has 13 heavy (non-hydrogen) atoms. The summed E-state index contributed by atoms with van der Waals surface area (Å²) >= 11 is 0. The number of hydrogen-bond donors (Lipinski definition) is 0. The van der Waals surface area contributed by atoms with E-state index in [9.17, 15) is 0 Å². The first-order valence-corrected chi connectivity index (χ1v) is 5.10. The van der Waals surface area contributed by atoms with E-state index >= 15 is 0 Å². The SMILES string of the molecule is CC(C)C(C)CCc1ccccn1. The Balaban J connectivity index is 2.35. The van der Waals surface area contributed by atoms with Gasteiger partial charge >= 0.3 is 0 Å². The van der Waals surface area contributed by atoms with Crippen LogP contribution < -0.4 is 0 Å². The Bertz CT molecular complexity index is 228. The van der Waals surface area contributed by atoms with Crippen LogP contribution in [0.2, 0.25) is 0 Å². The van der Waals surface area contributed by atoms with Crippen molar-refractivity contribution in [3.05, 3.63) is 30.1 Å². The fourth-order valence-corrected chi connectivity index (χ4v) is 1.25. The average Bonchev–Trinajstić information content (AvgIpc) is 2.15. The molecule has 1 heterocycles. The third-order valence-corrected chi connectivity index (χ3v) is 2.72. The Morgan fingerprint density at radius 3 is 2.54 bits per heavy atom. The Hall–Kier alpha value is -0.850. The highest BCUT2D eigenvalue weighted by atomic mass is 14.7. The summed E-state index contributed by atoms with van der Waals surface area (Å²) in [5.41, 5.74) is 1.22. The number of pyridine rings is 1. The number of nitrogens with zero attached hydrogens (tertiary/aromatic N) is 1. The Morgan fingerprint density at radius 1 is 1.23 bits per heavy atom. The van der Waals surface area contributed by atoms with Gasteiger partial charge in [-0.25, -0.2) is 0 Å². The lowest BCUT2D eigenvalue weighted by molar-refractivity contribution is 0.391. The molecule has 1 aromatic heterocycles. The van der Waals surface area contributed by atoms with E-state index < -0.39 is 0 Å². The van der Waals surface area contributed by atoms with Crippen molar-refractivity contribution in [2.24, 2.45) is 11.8 Å². The van der Waals surface area contributed by atoms with Crippen LogP contribution >= 0.6 is 0 Å². The molecule has 1 atom stereocenters. The lowest BCUT2D eigenvalue weighted by Crippen LogP contribution is -2.05. The van der Waals surface area contributed by atoms with E-state index in [1.54, 1.807) is 0 Å². The summed E-state index contributed by atoms with van der Waals surface area (Å²) in [5.74, 6) is 1.57. The zero-order valence-electron chi connectivity index (χ0n) is 8.83. The van der Waals surface area contributed by atoms with Crippen molar-refractivity contribution >= 4 is 0 Å². The van der Waals surface area contributed by atoms with Crippen molar-refractivity contribution in [1.29, 1.82) is 0 Å². The maximum absolute atomic E-state index is 4.31. The fourth-order valence-electron chi connectivity index (χ4n) is 1.25. The van der Waals surface area contributed by atoms with E-state index in [0.717, 1.165) is 18.3 Å². The molecule has 0 aliphatic rings. The van der Waals surface area contributed by atoms with Crippen molar-refractivity contribution in [3.8, 4) is 0 Å². The van der Waals surface area contributed by atoms with Crippen molar-refractivity contribution < 1.29 is 0 Å². The Morgan fingerprint density at radius 2 is 2.00 bits per heavy atom. The van der Waals surface area contributed by atoms with Crippen molar-refractivity contribution in [2.75, 3.05) is 0 Å². The molecule has 1 nitrogen and oxygen atoms in total. The van der Waals surface area contributed by atoms with E-state index in [0.29, 0.717) is 0 Å². The van der Waals surface area contributed by atoms with Crippen LogP contribution in [0.1, 0.15) is 32.9 Å². The number of rotatable bonds is 4. The van der Waals surface area contributed by atoms with Crippen LogP contribution in [0.4, 0.5) is 0 Å². The Labute approximate surface area is 81.2 Å². The highest BCUT2D eigenvalue weighted by Gasteiger charge is 2.06. The molecule has 1 unspecified atom stereocenters. The first-order chi connectivity index (χ1) is 6.20. The minimum Gasteiger partial charge on any atom is -0.261 e. The van der Waals surface area contributed by atoms with E-state index in [1.165, 1.54) is 12.1 Å². The van der Waals surface area contributed by atoms with Gasteiger partial charge in [0, 0.05) is 11.9 Å². The normalized spacial score (nSPS) is 13.2. The second-order valence-electron chi connectivity index (χ2n) is 4.08. The summed E-state index contributed by atoms with van der Waals surface area (Å²) in [7, 11) is 0. The molecule has 0 aliphatic carbocycles. The minimum atomic E-state index is 0.781. The van der Waals surface area contributed by atoms with Crippen molar-refractivity contribution in [1.82, 2.24) is 4.98 Å². The molecule has 0 fully saturated rings. The lowest BCUT2D eigenvalue weighted by Gasteiger charge is -2.14. The largest absolute Gasteiger partial charge is 0.261 e. The quantitative estimate of drug-likeness (QED) is 0.687. The van der Waals surface area contributed by atoms with E-state index in [4.69, 9.17) is 0 Å². The van der Waals surface area contributed by atoms with Gasteiger partial charge in [-0.05, 0) is 36.8 Å². The predicted octanol–water partition coefficient (Wildman–Crippen LogP) is 3.31. The average molecular weight is 177 g/mol. The van der Waals surface area contributed by atoms with Crippen molar-refractivity contribution in [2.45, 2.75) is 33.6 Å². The van der Waals surface area contributed by atoms with Gasteiger partial charge in [-0.15, -0.1) is 0 Å². The summed E-state index contributed by atoms with van der Waals surface area (Å²) in [6.45, 7) is 6.87. The molecular weight excluding hydrogens is 158 g/mol. The summed E-state index contributed by atoms with van der Waals surface area (Å²) in [5, 5.41) is 0. The highest BCUT2D eigenvalue weighted by molar-refractivity contribution is 5.03. The first-order valence-electron chi connectivity index (χ1n) is 5.10. The third kappa shape index (κ3) is 3.58. The van der Waals surface area contributed by atoms with Gasteiger partial charge < -0.3 is 0 Å². The molecule has 1 rings (SSSR count). The molecule has 0 bridgehead atoms. The van der Waals surface area contributed by atoms with Crippen LogP contribution in [0.5, 0.6) is 0 Å². The summed E-state index contributed by atoms with van der Waals surface area (Å²) in [4.78, 5) is 4.31. The highest BCUT2D eigenvalue weighted by Crippen LogP contribution is 2.15. The van der Waals surface area contributed by atoms with Gasteiger partial charge in [0.25, 0.3) is 0 Å². The van der Waals surface area contributed by atoms with Crippen LogP contribution in [0.15, 0.2) is 24.4 Å². The lowest BCUT2D eigenvalue weighted by atomic mass is 9.92. The molecule has 1 heteroatoms. The van der Waals surface area contributed by atoms with Gasteiger partial charge in [-0.2, -0.15) is 0 Å². The predicted molar refractivity (Wildman–Crippen MR) is 56.6 cm³/mol. The molecule has 0 spiro atoms. The topological polar surface area (TPSA) is 12.9 Å². The van der Waals surface area contributed by atoms with Crippen LogP contribution in [0, 0.1) is 11.8 Å².